The number of rotatable bonds is 5. The van der Waals surface area contributed by atoms with E-state index in [4.69, 9.17) is 0 Å². The number of halogens is 1. The summed E-state index contributed by atoms with van der Waals surface area (Å²) >= 11 is 2.29. The quantitative estimate of drug-likeness (QED) is 0.570. The van der Waals surface area contributed by atoms with Gasteiger partial charge in [-0.15, -0.1) is 0 Å². The Balaban J connectivity index is 2.15. The molecule has 134 valence electrons. The lowest BCUT2D eigenvalue weighted by Crippen LogP contribution is -2.19. The molecule has 0 amide bonds. The highest BCUT2D eigenvalue weighted by Crippen LogP contribution is 2.21. The zero-order valence-corrected chi connectivity index (χ0v) is 16.4. The van der Waals surface area contributed by atoms with Gasteiger partial charge in [0.15, 0.2) is 0 Å². The second-order valence-electron chi connectivity index (χ2n) is 6.15. The summed E-state index contributed by atoms with van der Waals surface area (Å²) in [5, 5.41) is 18.9. The first-order chi connectivity index (χ1) is 12.4. The van der Waals surface area contributed by atoms with Crippen molar-refractivity contribution in [2.75, 3.05) is 6.61 Å². The standard InChI is InChI=1S/C20H18INO4/c1-12-14(3-2-4-17(12)21)9-13-5-6-18-15(10-13)19(24)16(20(25)26)11-22(18)7-8-23/h2-6,10-11,23H,7-9H2,1H3,(H,25,26). The van der Waals surface area contributed by atoms with Gasteiger partial charge in [-0.2, -0.15) is 0 Å². The molecule has 0 aliphatic heterocycles. The topological polar surface area (TPSA) is 79.5 Å². The van der Waals surface area contributed by atoms with E-state index in [0.29, 0.717) is 17.3 Å². The van der Waals surface area contributed by atoms with E-state index < -0.39 is 11.4 Å². The minimum Gasteiger partial charge on any atom is -0.477 e. The highest BCUT2D eigenvalue weighted by Gasteiger charge is 2.15. The van der Waals surface area contributed by atoms with Crippen LogP contribution in [0.1, 0.15) is 27.0 Å². The Morgan fingerprint density at radius 3 is 2.69 bits per heavy atom. The molecule has 0 unspecified atom stereocenters. The van der Waals surface area contributed by atoms with Crippen molar-refractivity contribution in [3.05, 3.63) is 78.6 Å². The number of aromatic carboxylic acids is 1. The first-order valence-electron chi connectivity index (χ1n) is 8.16. The fraction of sp³-hybridized carbons (Fsp3) is 0.200. The average molecular weight is 463 g/mol. The minimum absolute atomic E-state index is 0.138. The number of aromatic nitrogens is 1. The Morgan fingerprint density at radius 2 is 2.00 bits per heavy atom. The predicted octanol–water partition coefficient (Wildman–Crippen LogP) is 3.20. The Labute approximate surface area is 164 Å². The van der Waals surface area contributed by atoms with Gasteiger partial charge in [-0.1, -0.05) is 18.2 Å². The molecule has 0 spiro atoms. The van der Waals surface area contributed by atoms with Gasteiger partial charge in [-0.3, -0.25) is 4.79 Å². The number of carboxylic acids is 1. The van der Waals surface area contributed by atoms with E-state index in [-0.39, 0.29) is 18.7 Å². The molecule has 26 heavy (non-hydrogen) atoms. The maximum absolute atomic E-state index is 12.6. The highest BCUT2D eigenvalue weighted by atomic mass is 127. The van der Waals surface area contributed by atoms with E-state index in [1.54, 1.807) is 10.6 Å². The van der Waals surface area contributed by atoms with Crippen LogP contribution in [0.5, 0.6) is 0 Å². The molecule has 5 nitrogen and oxygen atoms in total. The molecular formula is C20H18INO4. The van der Waals surface area contributed by atoms with Gasteiger partial charge >= 0.3 is 5.97 Å². The molecule has 1 heterocycles. The zero-order chi connectivity index (χ0) is 18.8. The van der Waals surface area contributed by atoms with Crippen LogP contribution in [-0.2, 0) is 13.0 Å². The summed E-state index contributed by atoms with van der Waals surface area (Å²) in [5.74, 6) is -1.26. The highest BCUT2D eigenvalue weighted by molar-refractivity contribution is 14.1. The van der Waals surface area contributed by atoms with Crippen molar-refractivity contribution in [2.24, 2.45) is 0 Å². The maximum atomic E-state index is 12.6. The SMILES string of the molecule is Cc1c(I)cccc1Cc1ccc2c(c1)c(=O)c(C(=O)O)cn2CCO. The first-order valence-corrected chi connectivity index (χ1v) is 9.24. The van der Waals surface area contributed by atoms with Crippen LogP contribution in [0, 0.1) is 10.5 Å². The molecule has 0 aliphatic rings. The lowest BCUT2D eigenvalue weighted by molar-refractivity contribution is 0.0694. The molecule has 1 aromatic heterocycles. The lowest BCUT2D eigenvalue weighted by atomic mass is 9.99. The van der Waals surface area contributed by atoms with Crippen molar-refractivity contribution in [1.29, 1.82) is 0 Å². The van der Waals surface area contributed by atoms with Crippen LogP contribution in [0.4, 0.5) is 0 Å². The number of benzene rings is 2. The molecule has 0 bridgehead atoms. The molecule has 2 N–H and O–H groups in total. The Morgan fingerprint density at radius 1 is 1.23 bits per heavy atom. The fourth-order valence-corrected chi connectivity index (χ4v) is 3.62. The second kappa shape index (κ2) is 7.59. The summed E-state index contributed by atoms with van der Waals surface area (Å²) in [4.78, 5) is 24.0. The van der Waals surface area contributed by atoms with Crippen LogP contribution in [0.15, 0.2) is 47.4 Å². The summed E-state index contributed by atoms with van der Waals surface area (Å²) in [5.41, 5.74) is 3.15. The van der Waals surface area contributed by atoms with Gasteiger partial charge in [0.25, 0.3) is 0 Å². The number of fused-ring (bicyclic) bond motifs is 1. The monoisotopic (exact) mass is 463 g/mol. The van der Waals surface area contributed by atoms with E-state index in [0.717, 1.165) is 5.56 Å². The van der Waals surface area contributed by atoms with Gasteiger partial charge in [0.1, 0.15) is 5.56 Å². The number of pyridine rings is 1. The van der Waals surface area contributed by atoms with Crippen molar-refractivity contribution < 1.29 is 15.0 Å². The van der Waals surface area contributed by atoms with Gasteiger partial charge in [-0.25, -0.2) is 4.79 Å². The fourth-order valence-electron chi connectivity index (χ4n) is 3.06. The molecule has 2 aromatic carbocycles. The third-order valence-corrected chi connectivity index (χ3v) is 5.66. The van der Waals surface area contributed by atoms with Crippen molar-refractivity contribution in [3.63, 3.8) is 0 Å². The summed E-state index contributed by atoms with van der Waals surface area (Å²) in [6.07, 6.45) is 1.96. The van der Waals surface area contributed by atoms with Crippen LogP contribution in [0.2, 0.25) is 0 Å². The van der Waals surface area contributed by atoms with Gasteiger partial charge < -0.3 is 14.8 Å². The van der Waals surface area contributed by atoms with Crippen molar-refractivity contribution in [3.8, 4) is 0 Å². The Bertz CT molecular complexity index is 1060. The average Bonchev–Trinajstić information content (AvgIpc) is 2.61. The predicted molar refractivity (Wildman–Crippen MR) is 109 cm³/mol. The number of hydrogen-bond acceptors (Lipinski definition) is 3. The number of hydrogen-bond donors (Lipinski definition) is 2. The second-order valence-corrected chi connectivity index (χ2v) is 7.31. The number of carboxylic acid groups (broad SMARTS) is 1. The Hall–Kier alpha value is -2.19. The molecular weight excluding hydrogens is 445 g/mol. The van der Waals surface area contributed by atoms with E-state index >= 15 is 0 Å². The van der Waals surface area contributed by atoms with Gasteiger partial charge in [-0.05, 0) is 70.8 Å². The summed E-state index contributed by atoms with van der Waals surface area (Å²) in [6.45, 7) is 2.15. The third kappa shape index (κ3) is 3.52. The minimum atomic E-state index is -1.26. The molecule has 0 fully saturated rings. The molecule has 3 aromatic rings. The van der Waals surface area contributed by atoms with Gasteiger partial charge in [0.05, 0.1) is 12.1 Å². The normalized spacial score (nSPS) is 11.0. The van der Waals surface area contributed by atoms with E-state index in [2.05, 4.69) is 35.6 Å². The van der Waals surface area contributed by atoms with Crippen molar-refractivity contribution in [2.45, 2.75) is 19.9 Å². The Kier molecular flexibility index (Phi) is 5.43. The molecule has 0 aliphatic carbocycles. The smallest absolute Gasteiger partial charge is 0.341 e. The van der Waals surface area contributed by atoms with Gasteiger partial charge in [0.2, 0.25) is 5.43 Å². The van der Waals surface area contributed by atoms with Gasteiger partial charge in [0, 0.05) is 21.7 Å². The molecule has 6 heteroatoms. The molecule has 0 saturated heterocycles. The van der Waals surface area contributed by atoms with Crippen molar-refractivity contribution in [1.82, 2.24) is 4.57 Å². The maximum Gasteiger partial charge on any atom is 0.341 e. The van der Waals surface area contributed by atoms with Crippen molar-refractivity contribution >= 4 is 39.5 Å². The molecule has 3 rings (SSSR count). The number of aliphatic hydroxyl groups excluding tert-OH is 1. The number of carbonyl (C=O) groups is 1. The molecule has 0 saturated carbocycles. The molecule has 0 radical (unpaired) electrons. The van der Waals surface area contributed by atoms with E-state index in [9.17, 15) is 19.8 Å². The van der Waals surface area contributed by atoms with E-state index in [1.165, 1.54) is 20.9 Å². The number of aliphatic hydroxyl groups is 1. The van der Waals surface area contributed by atoms with Crippen LogP contribution in [0.25, 0.3) is 10.9 Å². The largest absolute Gasteiger partial charge is 0.477 e. The van der Waals surface area contributed by atoms with Crippen LogP contribution in [0.3, 0.4) is 0 Å². The molecule has 0 atom stereocenters. The number of nitrogens with zero attached hydrogens (tertiary/aromatic N) is 1. The summed E-state index contributed by atoms with van der Waals surface area (Å²) in [6, 6.07) is 11.6. The van der Waals surface area contributed by atoms with Crippen LogP contribution >= 0.6 is 22.6 Å². The lowest BCUT2D eigenvalue weighted by Gasteiger charge is -2.13. The summed E-state index contributed by atoms with van der Waals surface area (Å²) in [7, 11) is 0. The van der Waals surface area contributed by atoms with E-state index in [1.807, 2.05) is 24.3 Å². The third-order valence-electron chi connectivity index (χ3n) is 4.49. The van der Waals surface area contributed by atoms with Crippen LogP contribution in [-0.4, -0.2) is 27.4 Å². The zero-order valence-electron chi connectivity index (χ0n) is 14.2. The van der Waals surface area contributed by atoms with Crippen LogP contribution < -0.4 is 5.43 Å². The summed E-state index contributed by atoms with van der Waals surface area (Å²) < 4.78 is 2.79. The first kappa shape index (κ1) is 18.6.